The van der Waals surface area contributed by atoms with Gasteiger partial charge in [-0.25, -0.2) is 4.57 Å². The van der Waals surface area contributed by atoms with Crippen LogP contribution in [0.25, 0.3) is 11.1 Å². The molecular weight excluding hydrogens is 444 g/mol. The van der Waals surface area contributed by atoms with E-state index in [0.717, 1.165) is 22.9 Å². The van der Waals surface area contributed by atoms with Gasteiger partial charge >= 0.3 is 0 Å². The number of hydrogen-bond acceptors (Lipinski definition) is 1. The van der Waals surface area contributed by atoms with Gasteiger partial charge in [-0.05, 0) is 35.4 Å². The maximum Gasteiger partial charge on any atom is 0.173 e. The van der Waals surface area contributed by atoms with Gasteiger partial charge in [0.1, 0.15) is 0 Å². The Labute approximate surface area is 187 Å². The zero-order chi connectivity index (χ0) is 19.3. The molecule has 3 aromatic carbocycles. The predicted molar refractivity (Wildman–Crippen MR) is 117 cm³/mol. The van der Waals surface area contributed by atoms with Crippen LogP contribution in [-0.2, 0) is 6.54 Å². The van der Waals surface area contributed by atoms with E-state index in [1.165, 1.54) is 16.7 Å². The summed E-state index contributed by atoms with van der Waals surface area (Å²) >= 11 is 5.98. The topological polar surface area (TPSA) is 7.12 Å². The van der Waals surface area contributed by atoms with Gasteiger partial charge in [0.2, 0.25) is 0 Å². The van der Waals surface area contributed by atoms with Crippen LogP contribution < -0.4 is 26.4 Å². The SMILES string of the molecule is CN(c1ccc(Cl)cc1)c1cc[n+](Cc2ccc(-c3ccccc3)cc2)cc1.[Br-]. The Morgan fingerprint density at radius 3 is 1.86 bits per heavy atom. The quantitative estimate of drug-likeness (QED) is 0.411. The summed E-state index contributed by atoms with van der Waals surface area (Å²) in [4.78, 5) is 2.15. The van der Waals surface area contributed by atoms with E-state index in [4.69, 9.17) is 11.6 Å². The van der Waals surface area contributed by atoms with Crippen molar-refractivity contribution in [3.8, 4) is 11.1 Å². The fourth-order valence-corrected chi connectivity index (χ4v) is 3.36. The summed E-state index contributed by atoms with van der Waals surface area (Å²) in [5, 5.41) is 0.751. The molecule has 2 nitrogen and oxygen atoms in total. The molecule has 0 aliphatic heterocycles. The lowest BCUT2D eigenvalue weighted by Gasteiger charge is -2.18. The number of hydrogen-bond donors (Lipinski definition) is 0. The van der Waals surface area contributed by atoms with Gasteiger partial charge < -0.3 is 21.9 Å². The monoisotopic (exact) mass is 464 g/mol. The molecule has 0 spiro atoms. The second kappa shape index (κ2) is 9.73. The van der Waals surface area contributed by atoms with Crippen LogP contribution in [0, 0.1) is 0 Å². The molecule has 0 atom stereocenters. The number of aromatic nitrogens is 1. The van der Waals surface area contributed by atoms with Gasteiger partial charge in [-0.3, -0.25) is 0 Å². The molecule has 0 fully saturated rings. The summed E-state index contributed by atoms with van der Waals surface area (Å²) in [6.07, 6.45) is 4.24. The van der Waals surface area contributed by atoms with Crippen molar-refractivity contribution in [2.24, 2.45) is 0 Å². The van der Waals surface area contributed by atoms with Crippen molar-refractivity contribution in [3.63, 3.8) is 0 Å². The lowest BCUT2D eigenvalue weighted by Crippen LogP contribution is -3.00. The van der Waals surface area contributed by atoms with Crippen LogP contribution in [0.3, 0.4) is 0 Å². The third-order valence-electron chi connectivity index (χ3n) is 4.90. The summed E-state index contributed by atoms with van der Waals surface area (Å²) in [5.41, 5.74) is 6.02. The second-order valence-corrected chi connectivity index (χ2v) is 7.26. The molecule has 0 aliphatic rings. The molecule has 0 aliphatic carbocycles. The highest BCUT2D eigenvalue weighted by Gasteiger charge is 2.08. The van der Waals surface area contributed by atoms with E-state index in [0.29, 0.717) is 0 Å². The van der Waals surface area contributed by atoms with Crippen LogP contribution in [0.5, 0.6) is 0 Å². The number of halogens is 2. The molecule has 0 unspecified atom stereocenters. The molecule has 0 saturated heterocycles. The fraction of sp³-hybridized carbons (Fsp3) is 0.0800. The molecule has 1 heterocycles. The molecule has 0 saturated carbocycles. The minimum Gasteiger partial charge on any atom is -1.00 e. The van der Waals surface area contributed by atoms with Crippen LogP contribution in [0.4, 0.5) is 11.4 Å². The van der Waals surface area contributed by atoms with Gasteiger partial charge in [0.05, 0.1) is 5.69 Å². The third kappa shape index (κ3) is 5.26. The molecule has 4 rings (SSSR count). The smallest absolute Gasteiger partial charge is 0.173 e. The van der Waals surface area contributed by atoms with Crippen molar-refractivity contribution >= 4 is 23.0 Å². The van der Waals surface area contributed by atoms with Crippen molar-refractivity contribution in [3.05, 3.63) is 114 Å². The third-order valence-corrected chi connectivity index (χ3v) is 5.15. The van der Waals surface area contributed by atoms with Gasteiger partial charge in [-0.1, -0.05) is 66.2 Å². The Morgan fingerprint density at radius 1 is 0.690 bits per heavy atom. The molecule has 0 radical (unpaired) electrons. The van der Waals surface area contributed by atoms with E-state index >= 15 is 0 Å². The van der Waals surface area contributed by atoms with Crippen LogP contribution >= 0.6 is 11.6 Å². The first kappa shape index (κ1) is 21.1. The van der Waals surface area contributed by atoms with E-state index in [-0.39, 0.29) is 17.0 Å². The first-order valence-corrected chi connectivity index (χ1v) is 9.69. The molecule has 146 valence electrons. The number of rotatable bonds is 5. The number of benzene rings is 3. The number of nitrogens with zero attached hydrogens (tertiary/aromatic N) is 2. The molecule has 1 aromatic heterocycles. The largest absolute Gasteiger partial charge is 1.00 e. The van der Waals surface area contributed by atoms with Crippen molar-refractivity contribution in [2.45, 2.75) is 6.54 Å². The van der Waals surface area contributed by atoms with Crippen LogP contribution in [0.2, 0.25) is 5.02 Å². The maximum atomic E-state index is 5.98. The van der Waals surface area contributed by atoms with E-state index in [9.17, 15) is 0 Å². The van der Waals surface area contributed by atoms with Crippen LogP contribution in [-0.4, -0.2) is 7.05 Å². The van der Waals surface area contributed by atoms with Crippen molar-refractivity contribution in [2.75, 3.05) is 11.9 Å². The Bertz CT molecular complexity index is 1030. The molecular formula is C25H22BrClN2. The summed E-state index contributed by atoms with van der Waals surface area (Å²) < 4.78 is 2.19. The second-order valence-electron chi connectivity index (χ2n) is 6.83. The molecule has 29 heavy (non-hydrogen) atoms. The highest BCUT2D eigenvalue weighted by Crippen LogP contribution is 2.24. The number of pyridine rings is 1. The lowest BCUT2D eigenvalue weighted by atomic mass is 10.0. The molecule has 0 bridgehead atoms. The van der Waals surface area contributed by atoms with E-state index < -0.39 is 0 Å². The maximum absolute atomic E-state index is 5.98. The van der Waals surface area contributed by atoms with Gasteiger partial charge in [0.15, 0.2) is 18.9 Å². The minimum absolute atomic E-state index is 0. The van der Waals surface area contributed by atoms with Crippen molar-refractivity contribution in [1.29, 1.82) is 0 Å². The van der Waals surface area contributed by atoms with E-state index in [1.807, 2.05) is 30.3 Å². The minimum atomic E-state index is 0. The lowest BCUT2D eigenvalue weighted by molar-refractivity contribution is -0.688. The average molecular weight is 466 g/mol. The molecule has 4 aromatic rings. The Hall–Kier alpha value is -2.62. The van der Waals surface area contributed by atoms with Gasteiger partial charge in [-0.2, -0.15) is 0 Å². The van der Waals surface area contributed by atoms with Crippen LogP contribution in [0.1, 0.15) is 5.56 Å². The summed E-state index contributed by atoms with van der Waals surface area (Å²) in [7, 11) is 2.06. The molecule has 0 amide bonds. The van der Waals surface area contributed by atoms with E-state index in [2.05, 4.69) is 89.6 Å². The normalized spacial score (nSPS) is 10.3. The summed E-state index contributed by atoms with van der Waals surface area (Å²) in [6.45, 7) is 0.847. The Balaban J connectivity index is 0.00000240. The van der Waals surface area contributed by atoms with Gasteiger partial charge in [0, 0.05) is 35.5 Å². The Kier molecular flexibility index (Phi) is 7.08. The first-order valence-electron chi connectivity index (χ1n) is 9.32. The summed E-state index contributed by atoms with van der Waals surface area (Å²) in [5.74, 6) is 0. The highest BCUT2D eigenvalue weighted by molar-refractivity contribution is 6.30. The standard InChI is InChI=1S/C25H22ClN2.BrH/c1-27(24-13-11-23(26)12-14-24)25-15-17-28(18-16-25)19-20-7-9-22(10-8-20)21-5-3-2-4-6-21;/h2-18H,19H2,1H3;1H/q+1;/p-1. The van der Waals surface area contributed by atoms with Crippen LogP contribution in [0.15, 0.2) is 103 Å². The zero-order valence-corrected chi connectivity index (χ0v) is 18.5. The van der Waals surface area contributed by atoms with Gasteiger partial charge in [0.25, 0.3) is 0 Å². The highest BCUT2D eigenvalue weighted by atomic mass is 79.9. The predicted octanol–water partition coefficient (Wildman–Crippen LogP) is 3.11. The molecule has 0 N–H and O–H groups in total. The van der Waals surface area contributed by atoms with Crippen molar-refractivity contribution < 1.29 is 21.5 Å². The number of anilines is 2. The first-order chi connectivity index (χ1) is 13.7. The zero-order valence-electron chi connectivity index (χ0n) is 16.2. The fourth-order valence-electron chi connectivity index (χ4n) is 3.24. The van der Waals surface area contributed by atoms with Crippen molar-refractivity contribution in [1.82, 2.24) is 0 Å². The Morgan fingerprint density at radius 2 is 1.24 bits per heavy atom. The molecule has 4 heteroatoms. The van der Waals surface area contributed by atoms with Gasteiger partial charge in [-0.15, -0.1) is 0 Å². The van der Waals surface area contributed by atoms with E-state index in [1.54, 1.807) is 0 Å². The average Bonchev–Trinajstić information content (AvgIpc) is 2.75. The summed E-state index contributed by atoms with van der Waals surface area (Å²) in [6, 6.07) is 31.4.